The van der Waals surface area contributed by atoms with E-state index in [0.29, 0.717) is 5.92 Å². The number of hydrogen-bond donors (Lipinski definition) is 1. The minimum atomic E-state index is 0.237. The summed E-state index contributed by atoms with van der Waals surface area (Å²) in [6, 6.07) is 0.794. The van der Waals surface area contributed by atoms with Gasteiger partial charge >= 0.3 is 0 Å². The standard InChI is InChI=1S/C11H20N2O/c1-9(14)13-6-2-3-10(8-13)7-12-11-4-5-11/h10-12H,2-8H2,1H3. The highest BCUT2D eigenvalue weighted by Gasteiger charge is 2.25. The Morgan fingerprint density at radius 1 is 1.43 bits per heavy atom. The van der Waals surface area contributed by atoms with Gasteiger partial charge in [0.05, 0.1) is 0 Å². The van der Waals surface area contributed by atoms with E-state index in [1.54, 1.807) is 6.92 Å². The Morgan fingerprint density at radius 2 is 2.21 bits per heavy atom. The van der Waals surface area contributed by atoms with Crippen LogP contribution >= 0.6 is 0 Å². The van der Waals surface area contributed by atoms with E-state index in [4.69, 9.17) is 0 Å². The fourth-order valence-corrected chi connectivity index (χ4v) is 2.14. The van der Waals surface area contributed by atoms with Crippen molar-refractivity contribution in [1.82, 2.24) is 10.2 Å². The smallest absolute Gasteiger partial charge is 0.219 e. The normalized spacial score (nSPS) is 27.8. The van der Waals surface area contributed by atoms with Crippen LogP contribution in [0.2, 0.25) is 0 Å². The fraction of sp³-hybridized carbons (Fsp3) is 0.909. The first-order valence-electron chi connectivity index (χ1n) is 5.74. The third kappa shape index (κ3) is 2.71. The zero-order chi connectivity index (χ0) is 9.97. The maximum atomic E-state index is 11.2. The van der Waals surface area contributed by atoms with Crippen LogP contribution in [0.5, 0.6) is 0 Å². The van der Waals surface area contributed by atoms with Crippen molar-refractivity contribution in [3.63, 3.8) is 0 Å². The SMILES string of the molecule is CC(=O)N1CCCC(CNC2CC2)C1. The van der Waals surface area contributed by atoms with Gasteiger partial charge in [0.15, 0.2) is 0 Å². The molecule has 1 aliphatic heterocycles. The number of piperidine rings is 1. The van der Waals surface area contributed by atoms with E-state index in [1.807, 2.05) is 4.90 Å². The van der Waals surface area contributed by atoms with Crippen LogP contribution < -0.4 is 5.32 Å². The van der Waals surface area contributed by atoms with Crippen LogP contribution in [0.15, 0.2) is 0 Å². The Kier molecular flexibility index (Phi) is 3.06. The van der Waals surface area contributed by atoms with Gasteiger partial charge in [0.2, 0.25) is 5.91 Å². The Morgan fingerprint density at radius 3 is 2.86 bits per heavy atom. The summed E-state index contributed by atoms with van der Waals surface area (Å²) in [5.41, 5.74) is 0. The molecule has 2 rings (SSSR count). The first-order valence-corrected chi connectivity index (χ1v) is 5.74. The maximum absolute atomic E-state index is 11.2. The molecule has 0 radical (unpaired) electrons. The topological polar surface area (TPSA) is 32.3 Å². The molecule has 1 saturated carbocycles. The summed E-state index contributed by atoms with van der Waals surface area (Å²) in [5.74, 6) is 0.925. The number of nitrogens with one attached hydrogen (secondary N) is 1. The van der Waals surface area contributed by atoms with E-state index in [0.717, 1.165) is 25.7 Å². The number of hydrogen-bond acceptors (Lipinski definition) is 2. The lowest BCUT2D eigenvalue weighted by atomic mass is 9.98. The number of rotatable bonds is 3. The summed E-state index contributed by atoms with van der Waals surface area (Å²) in [6.45, 7) is 4.72. The van der Waals surface area contributed by atoms with Crippen molar-refractivity contribution < 1.29 is 4.79 Å². The van der Waals surface area contributed by atoms with Gasteiger partial charge in [0.1, 0.15) is 0 Å². The molecule has 3 heteroatoms. The molecule has 1 saturated heterocycles. The molecule has 0 aromatic rings. The Bertz CT molecular complexity index is 213. The summed E-state index contributed by atoms with van der Waals surface area (Å²) in [4.78, 5) is 13.2. The molecule has 1 amide bonds. The van der Waals surface area contributed by atoms with Crippen LogP contribution in [-0.2, 0) is 4.79 Å². The molecule has 0 spiro atoms. The Labute approximate surface area is 85.8 Å². The molecule has 0 aromatic carbocycles. The minimum Gasteiger partial charge on any atom is -0.343 e. The van der Waals surface area contributed by atoms with Crippen molar-refractivity contribution >= 4 is 5.91 Å². The molecule has 14 heavy (non-hydrogen) atoms. The summed E-state index contributed by atoms with van der Waals surface area (Å²) >= 11 is 0. The van der Waals surface area contributed by atoms with Gasteiger partial charge in [-0.25, -0.2) is 0 Å². The number of amides is 1. The second-order valence-corrected chi connectivity index (χ2v) is 4.66. The third-order valence-electron chi connectivity index (χ3n) is 3.24. The monoisotopic (exact) mass is 196 g/mol. The van der Waals surface area contributed by atoms with Crippen molar-refractivity contribution in [3.05, 3.63) is 0 Å². The van der Waals surface area contributed by atoms with Crippen molar-refractivity contribution in [1.29, 1.82) is 0 Å². The molecule has 0 aromatic heterocycles. The lowest BCUT2D eigenvalue weighted by Crippen LogP contribution is -2.42. The maximum Gasteiger partial charge on any atom is 0.219 e. The third-order valence-corrected chi connectivity index (χ3v) is 3.24. The van der Waals surface area contributed by atoms with Gasteiger partial charge in [-0.05, 0) is 38.1 Å². The molecule has 1 unspecified atom stereocenters. The van der Waals surface area contributed by atoms with Gasteiger partial charge in [-0.15, -0.1) is 0 Å². The van der Waals surface area contributed by atoms with Gasteiger partial charge in [-0.2, -0.15) is 0 Å². The van der Waals surface area contributed by atoms with Gasteiger partial charge in [-0.1, -0.05) is 0 Å². The van der Waals surface area contributed by atoms with Crippen LogP contribution in [0.1, 0.15) is 32.6 Å². The van der Waals surface area contributed by atoms with Gasteiger partial charge in [-0.3, -0.25) is 4.79 Å². The average molecular weight is 196 g/mol. The molecule has 1 atom stereocenters. The van der Waals surface area contributed by atoms with Crippen LogP contribution in [0.25, 0.3) is 0 Å². The quantitative estimate of drug-likeness (QED) is 0.730. The predicted octanol–water partition coefficient (Wildman–Crippen LogP) is 0.997. The largest absolute Gasteiger partial charge is 0.343 e. The molecule has 1 N–H and O–H groups in total. The number of nitrogens with zero attached hydrogens (tertiary/aromatic N) is 1. The molecule has 2 aliphatic rings. The fourth-order valence-electron chi connectivity index (χ4n) is 2.14. The second-order valence-electron chi connectivity index (χ2n) is 4.66. The van der Waals surface area contributed by atoms with E-state index in [2.05, 4.69) is 5.32 Å². The molecule has 80 valence electrons. The predicted molar refractivity (Wildman–Crippen MR) is 56.0 cm³/mol. The van der Waals surface area contributed by atoms with Crippen LogP contribution in [0.4, 0.5) is 0 Å². The van der Waals surface area contributed by atoms with E-state index < -0.39 is 0 Å². The second kappa shape index (κ2) is 4.30. The van der Waals surface area contributed by atoms with E-state index in [9.17, 15) is 4.79 Å². The summed E-state index contributed by atoms with van der Waals surface area (Å²) in [6.07, 6.45) is 5.16. The average Bonchev–Trinajstić information content (AvgIpc) is 2.99. The number of carbonyl (C=O) groups excluding carboxylic acids is 1. The Balaban J connectivity index is 1.72. The van der Waals surface area contributed by atoms with Gasteiger partial charge in [0, 0.05) is 26.1 Å². The van der Waals surface area contributed by atoms with E-state index in [-0.39, 0.29) is 5.91 Å². The molecule has 1 aliphatic carbocycles. The number of carbonyl (C=O) groups is 1. The summed E-state index contributed by atoms with van der Waals surface area (Å²) in [7, 11) is 0. The zero-order valence-corrected chi connectivity index (χ0v) is 8.96. The first-order chi connectivity index (χ1) is 6.75. The zero-order valence-electron chi connectivity index (χ0n) is 8.96. The first kappa shape index (κ1) is 9.97. The summed E-state index contributed by atoms with van der Waals surface area (Å²) in [5, 5.41) is 3.55. The minimum absolute atomic E-state index is 0.237. The van der Waals surface area contributed by atoms with E-state index in [1.165, 1.54) is 25.7 Å². The van der Waals surface area contributed by atoms with Crippen molar-refractivity contribution in [3.8, 4) is 0 Å². The van der Waals surface area contributed by atoms with Crippen LogP contribution in [0.3, 0.4) is 0 Å². The summed E-state index contributed by atoms with van der Waals surface area (Å²) < 4.78 is 0. The van der Waals surface area contributed by atoms with Gasteiger partial charge < -0.3 is 10.2 Å². The molecule has 3 nitrogen and oxygen atoms in total. The molecular formula is C11H20N2O. The Hall–Kier alpha value is -0.570. The van der Waals surface area contributed by atoms with Crippen molar-refractivity contribution in [2.45, 2.75) is 38.6 Å². The highest BCUT2D eigenvalue weighted by Crippen LogP contribution is 2.21. The van der Waals surface area contributed by atoms with Gasteiger partial charge in [0.25, 0.3) is 0 Å². The number of likely N-dealkylation sites (tertiary alicyclic amines) is 1. The van der Waals surface area contributed by atoms with Crippen LogP contribution in [-0.4, -0.2) is 36.5 Å². The molecule has 0 bridgehead atoms. The molecular weight excluding hydrogens is 176 g/mol. The highest BCUT2D eigenvalue weighted by atomic mass is 16.2. The van der Waals surface area contributed by atoms with Crippen LogP contribution in [0, 0.1) is 5.92 Å². The lowest BCUT2D eigenvalue weighted by Gasteiger charge is -2.32. The molecule has 1 heterocycles. The van der Waals surface area contributed by atoms with E-state index >= 15 is 0 Å². The molecule has 2 fully saturated rings. The highest BCUT2D eigenvalue weighted by molar-refractivity contribution is 5.73. The van der Waals surface area contributed by atoms with Crippen molar-refractivity contribution in [2.75, 3.05) is 19.6 Å². The lowest BCUT2D eigenvalue weighted by molar-refractivity contribution is -0.130. The van der Waals surface area contributed by atoms with Crippen molar-refractivity contribution in [2.24, 2.45) is 5.92 Å².